The number of methoxy groups -OCH3 is 1. The summed E-state index contributed by atoms with van der Waals surface area (Å²) in [7, 11) is 1.57. The Morgan fingerprint density at radius 3 is 2.52 bits per heavy atom. The van der Waals surface area contributed by atoms with Crippen molar-refractivity contribution in [3.8, 4) is 5.75 Å². The zero-order valence-corrected chi connectivity index (χ0v) is 15.9. The first kappa shape index (κ1) is 22.3. The van der Waals surface area contributed by atoms with Gasteiger partial charge in [0.25, 0.3) is 0 Å². The van der Waals surface area contributed by atoms with Crippen molar-refractivity contribution in [2.75, 3.05) is 38.6 Å². The fourth-order valence-corrected chi connectivity index (χ4v) is 2.56. The Kier molecular flexibility index (Phi) is 9.89. The first-order chi connectivity index (χ1) is 10.0. The van der Waals surface area contributed by atoms with Crippen molar-refractivity contribution in [3.05, 3.63) is 22.7 Å². The van der Waals surface area contributed by atoms with Crippen molar-refractivity contribution in [3.63, 3.8) is 0 Å². The highest BCUT2D eigenvalue weighted by atomic mass is 35.5. The van der Waals surface area contributed by atoms with Crippen LogP contribution in [-0.2, 0) is 4.79 Å². The minimum atomic E-state index is -0.173. The maximum atomic E-state index is 12.4. The molecule has 1 fully saturated rings. The molecule has 1 atom stereocenters. The molecular formula is C15H24Cl3N3O2. The average molecular weight is 385 g/mol. The Bertz CT molecular complexity index is 523. The van der Waals surface area contributed by atoms with Crippen LogP contribution in [0.25, 0.3) is 0 Å². The third-order valence-electron chi connectivity index (χ3n) is 3.82. The van der Waals surface area contributed by atoms with Gasteiger partial charge in [-0.1, -0.05) is 11.6 Å². The maximum absolute atomic E-state index is 12.4. The van der Waals surface area contributed by atoms with E-state index in [1.165, 1.54) is 0 Å². The lowest BCUT2D eigenvalue weighted by atomic mass is 10.1. The summed E-state index contributed by atoms with van der Waals surface area (Å²) in [6, 6.07) is 3.39. The molecule has 0 saturated carbocycles. The van der Waals surface area contributed by atoms with Crippen LogP contribution in [0.5, 0.6) is 5.75 Å². The molecule has 1 saturated heterocycles. The van der Waals surface area contributed by atoms with E-state index >= 15 is 0 Å². The van der Waals surface area contributed by atoms with Crippen LogP contribution in [0, 0.1) is 6.92 Å². The predicted molar refractivity (Wildman–Crippen MR) is 99.8 cm³/mol. The molecule has 1 aliphatic rings. The Labute approximate surface area is 154 Å². The van der Waals surface area contributed by atoms with Crippen LogP contribution in [0.2, 0.25) is 5.02 Å². The number of ether oxygens (including phenoxy) is 1. The lowest BCUT2D eigenvalue weighted by molar-refractivity contribution is -0.121. The summed E-state index contributed by atoms with van der Waals surface area (Å²) in [6.45, 7) is 7.42. The van der Waals surface area contributed by atoms with E-state index in [4.69, 9.17) is 16.3 Å². The van der Waals surface area contributed by atoms with Gasteiger partial charge >= 0.3 is 0 Å². The molecule has 1 heterocycles. The highest BCUT2D eigenvalue weighted by Crippen LogP contribution is 2.31. The van der Waals surface area contributed by atoms with Gasteiger partial charge in [0.2, 0.25) is 5.91 Å². The van der Waals surface area contributed by atoms with Crippen LogP contribution in [0.15, 0.2) is 12.1 Å². The number of hydrogen-bond donors (Lipinski definition) is 2. The molecule has 1 unspecified atom stereocenters. The predicted octanol–water partition coefficient (Wildman–Crippen LogP) is 2.73. The lowest BCUT2D eigenvalue weighted by Gasteiger charge is -2.32. The van der Waals surface area contributed by atoms with Crippen molar-refractivity contribution in [2.45, 2.75) is 19.9 Å². The quantitative estimate of drug-likeness (QED) is 0.838. The van der Waals surface area contributed by atoms with Gasteiger partial charge in [0.1, 0.15) is 5.75 Å². The summed E-state index contributed by atoms with van der Waals surface area (Å²) in [5.74, 6) is 0.545. The molecule has 5 nitrogen and oxygen atoms in total. The molecule has 2 rings (SSSR count). The Hall–Kier alpha value is -0.720. The molecule has 1 aliphatic heterocycles. The van der Waals surface area contributed by atoms with Gasteiger partial charge in [0.15, 0.2) is 0 Å². The maximum Gasteiger partial charge on any atom is 0.241 e. The van der Waals surface area contributed by atoms with E-state index in [0.29, 0.717) is 16.5 Å². The van der Waals surface area contributed by atoms with E-state index < -0.39 is 0 Å². The van der Waals surface area contributed by atoms with Crippen molar-refractivity contribution < 1.29 is 9.53 Å². The second-order valence-corrected chi connectivity index (χ2v) is 5.66. The highest BCUT2D eigenvalue weighted by molar-refractivity contribution is 6.31. The number of halogens is 3. The molecule has 0 bridgehead atoms. The van der Waals surface area contributed by atoms with E-state index in [9.17, 15) is 4.79 Å². The van der Waals surface area contributed by atoms with Gasteiger partial charge in [0.05, 0.1) is 18.8 Å². The van der Waals surface area contributed by atoms with Crippen molar-refractivity contribution in [2.24, 2.45) is 0 Å². The number of carbonyl (C=O) groups is 1. The number of carbonyl (C=O) groups excluding carboxylic acids is 1. The number of nitrogens with one attached hydrogen (secondary N) is 2. The number of amides is 1. The second kappa shape index (κ2) is 10.2. The smallest absolute Gasteiger partial charge is 0.241 e. The van der Waals surface area contributed by atoms with Crippen LogP contribution in [-0.4, -0.2) is 50.1 Å². The summed E-state index contributed by atoms with van der Waals surface area (Å²) in [5.41, 5.74) is 1.56. The fraction of sp³-hybridized carbons (Fsp3) is 0.533. The molecule has 0 aliphatic carbocycles. The van der Waals surface area contributed by atoms with E-state index in [2.05, 4.69) is 15.5 Å². The molecule has 2 N–H and O–H groups in total. The molecule has 1 aromatic carbocycles. The molecule has 132 valence electrons. The van der Waals surface area contributed by atoms with Crippen LogP contribution >= 0.6 is 36.4 Å². The minimum absolute atomic E-state index is 0. The van der Waals surface area contributed by atoms with Crippen LogP contribution < -0.4 is 15.4 Å². The average Bonchev–Trinajstić information content (AvgIpc) is 2.50. The van der Waals surface area contributed by atoms with Gasteiger partial charge in [-0.25, -0.2) is 0 Å². The third-order valence-corrected chi connectivity index (χ3v) is 4.22. The highest BCUT2D eigenvalue weighted by Gasteiger charge is 2.23. The molecule has 23 heavy (non-hydrogen) atoms. The zero-order valence-electron chi connectivity index (χ0n) is 13.5. The number of rotatable bonds is 4. The number of hydrogen-bond acceptors (Lipinski definition) is 4. The summed E-state index contributed by atoms with van der Waals surface area (Å²) in [4.78, 5) is 14.6. The van der Waals surface area contributed by atoms with Crippen molar-refractivity contribution in [1.82, 2.24) is 10.2 Å². The second-order valence-electron chi connectivity index (χ2n) is 5.25. The van der Waals surface area contributed by atoms with E-state index in [1.54, 1.807) is 13.2 Å². The number of nitrogens with zero attached hydrogens (tertiary/aromatic N) is 1. The first-order valence-electron chi connectivity index (χ1n) is 7.12. The first-order valence-corrected chi connectivity index (χ1v) is 7.50. The molecule has 0 spiro atoms. The summed E-state index contributed by atoms with van der Waals surface area (Å²) in [6.07, 6.45) is 0. The van der Waals surface area contributed by atoms with Gasteiger partial charge in [-0.15, -0.1) is 24.8 Å². The Balaban J connectivity index is 0.00000242. The Morgan fingerprint density at radius 1 is 1.35 bits per heavy atom. The number of anilines is 1. The summed E-state index contributed by atoms with van der Waals surface area (Å²) < 4.78 is 5.28. The minimum Gasteiger partial charge on any atom is -0.495 e. The number of piperazine rings is 1. The van der Waals surface area contributed by atoms with Crippen LogP contribution in [0.3, 0.4) is 0 Å². The number of benzene rings is 1. The van der Waals surface area contributed by atoms with Crippen molar-refractivity contribution >= 4 is 48.0 Å². The van der Waals surface area contributed by atoms with Gasteiger partial charge in [-0.3, -0.25) is 9.69 Å². The topological polar surface area (TPSA) is 53.6 Å². The normalized spacial score (nSPS) is 15.8. The van der Waals surface area contributed by atoms with Gasteiger partial charge in [-0.2, -0.15) is 0 Å². The molecular weight excluding hydrogens is 361 g/mol. The molecule has 0 aromatic heterocycles. The fourth-order valence-electron chi connectivity index (χ4n) is 2.40. The molecule has 1 aromatic rings. The van der Waals surface area contributed by atoms with Gasteiger partial charge in [0, 0.05) is 37.3 Å². The monoisotopic (exact) mass is 383 g/mol. The standard InChI is InChI=1S/C15H22ClN3O2.2ClH/c1-10-8-13(14(21-3)9-12(10)16)18-15(20)11(2)19-6-4-17-5-7-19;;/h8-9,11,17H,4-7H2,1-3H3,(H,18,20);2*1H. The Morgan fingerprint density at radius 2 is 1.96 bits per heavy atom. The number of aryl methyl sites for hydroxylation is 1. The molecule has 1 amide bonds. The van der Waals surface area contributed by atoms with E-state index in [-0.39, 0.29) is 36.8 Å². The van der Waals surface area contributed by atoms with Gasteiger partial charge in [-0.05, 0) is 25.5 Å². The van der Waals surface area contributed by atoms with Gasteiger partial charge < -0.3 is 15.4 Å². The molecule has 0 radical (unpaired) electrons. The molecule has 8 heteroatoms. The largest absolute Gasteiger partial charge is 0.495 e. The summed E-state index contributed by atoms with van der Waals surface area (Å²) in [5, 5.41) is 6.85. The van der Waals surface area contributed by atoms with Crippen LogP contribution in [0.1, 0.15) is 12.5 Å². The van der Waals surface area contributed by atoms with E-state index in [1.807, 2.05) is 19.9 Å². The third kappa shape index (κ3) is 5.69. The zero-order chi connectivity index (χ0) is 15.4. The van der Waals surface area contributed by atoms with Crippen LogP contribution in [0.4, 0.5) is 5.69 Å². The van der Waals surface area contributed by atoms with E-state index in [0.717, 1.165) is 31.7 Å². The SMILES string of the molecule is COc1cc(Cl)c(C)cc1NC(=O)C(C)N1CCNCC1.Cl.Cl. The van der Waals surface area contributed by atoms with Crippen molar-refractivity contribution in [1.29, 1.82) is 0 Å². The lowest BCUT2D eigenvalue weighted by Crippen LogP contribution is -2.51. The summed E-state index contributed by atoms with van der Waals surface area (Å²) >= 11 is 6.08.